The van der Waals surface area contributed by atoms with Crippen molar-refractivity contribution < 1.29 is 4.79 Å². The third-order valence-corrected chi connectivity index (χ3v) is 5.04. The molecule has 0 heterocycles. The van der Waals surface area contributed by atoms with Gasteiger partial charge in [-0.3, -0.25) is 4.79 Å². The van der Waals surface area contributed by atoms with Gasteiger partial charge in [0.05, 0.1) is 5.56 Å². The molecule has 0 saturated heterocycles. The fourth-order valence-electron chi connectivity index (χ4n) is 2.54. The summed E-state index contributed by atoms with van der Waals surface area (Å²) in [5.74, 6) is 1.48. The zero-order valence-corrected chi connectivity index (χ0v) is 14.0. The van der Waals surface area contributed by atoms with Crippen LogP contribution in [0.5, 0.6) is 0 Å². The summed E-state index contributed by atoms with van der Waals surface area (Å²) in [5, 5.41) is 3.66. The molecule has 0 aliphatic heterocycles. The van der Waals surface area contributed by atoms with Gasteiger partial charge in [-0.05, 0) is 65.5 Å². The van der Waals surface area contributed by atoms with Gasteiger partial charge in [0.1, 0.15) is 0 Å². The molecule has 2 rings (SSSR count). The molecule has 1 N–H and O–H groups in total. The zero-order valence-electron chi connectivity index (χ0n) is 11.1. The highest BCUT2D eigenvalue weighted by Gasteiger charge is 2.19. The molecule has 19 heavy (non-hydrogen) atoms. The van der Waals surface area contributed by atoms with Crippen LogP contribution in [0.25, 0.3) is 0 Å². The van der Waals surface area contributed by atoms with E-state index in [1.165, 1.54) is 25.7 Å². The van der Waals surface area contributed by atoms with Crippen LogP contribution >= 0.6 is 34.2 Å². The summed E-state index contributed by atoms with van der Waals surface area (Å²) in [6.45, 7) is 3.09. The molecule has 0 aromatic heterocycles. The van der Waals surface area contributed by atoms with Gasteiger partial charge >= 0.3 is 0 Å². The van der Waals surface area contributed by atoms with Crippen molar-refractivity contribution in [3.8, 4) is 0 Å². The lowest BCUT2D eigenvalue weighted by Crippen LogP contribution is -2.31. The van der Waals surface area contributed by atoms with Gasteiger partial charge in [0, 0.05) is 15.1 Å². The predicted molar refractivity (Wildman–Crippen MR) is 87.6 cm³/mol. The maximum absolute atomic E-state index is 12.2. The third kappa shape index (κ3) is 4.35. The summed E-state index contributed by atoms with van der Waals surface area (Å²) in [6, 6.07) is 5.42. The summed E-state index contributed by atoms with van der Waals surface area (Å²) in [7, 11) is 0. The minimum atomic E-state index is -0.00878. The lowest BCUT2D eigenvalue weighted by molar-refractivity contribution is 0.0941. The largest absolute Gasteiger partial charge is 0.352 e. The molecule has 0 unspecified atom stereocenters. The Kier molecular flexibility index (Phi) is 5.51. The number of hydrogen-bond donors (Lipinski definition) is 1. The number of benzene rings is 1. The van der Waals surface area contributed by atoms with E-state index < -0.39 is 0 Å². The lowest BCUT2D eigenvalue weighted by atomic mass is 9.83. The van der Waals surface area contributed by atoms with Gasteiger partial charge in [0.15, 0.2) is 0 Å². The maximum Gasteiger partial charge on any atom is 0.252 e. The van der Waals surface area contributed by atoms with Crippen LogP contribution in [0, 0.1) is 15.4 Å². The third-order valence-electron chi connectivity index (χ3n) is 3.86. The van der Waals surface area contributed by atoms with Crippen molar-refractivity contribution in [2.24, 2.45) is 11.8 Å². The lowest BCUT2D eigenvalue weighted by Gasteiger charge is -2.26. The topological polar surface area (TPSA) is 29.1 Å². The Labute approximate surface area is 133 Å². The number of carbonyl (C=O) groups excluding carboxylic acids is 1. The molecule has 1 fully saturated rings. The van der Waals surface area contributed by atoms with Gasteiger partial charge in [0.2, 0.25) is 0 Å². The molecule has 1 aliphatic carbocycles. The molecule has 1 aromatic rings. The van der Waals surface area contributed by atoms with Crippen LogP contribution in [0.2, 0.25) is 5.02 Å². The Morgan fingerprint density at radius 3 is 2.74 bits per heavy atom. The minimum absolute atomic E-state index is 0.00878. The van der Waals surface area contributed by atoms with Gasteiger partial charge < -0.3 is 5.32 Å². The summed E-state index contributed by atoms with van der Waals surface area (Å²) in [5.41, 5.74) is 0.678. The second-order valence-corrected chi connectivity index (χ2v) is 7.06. The van der Waals surface area contributed by atoms with E-state index in [1.807, 2.05) is 12.1 Å². The Morgan fingerprint density at radius 2 is 2.05 bits per heavy atom. The highest BCUT2D eigenvalue weighted by atomic mass is 127. The minimum Gasteiger partial charge on any atom is -0.352 e. The van der Waals surface area contributed by atoms with E-state index in [-0.39, 0.29) is 5.91 Å². The van der Waals surface area contributed by atoms with Gasteiger partial charge in [-0.15, -0.1) is 0 Å². The second-order valence-electron chi connectivity index (χ2n) is 5.46. The van der Waals surface area contributed by atoms with Crippen molar-refractivity contribution in [3.05, 3.63) is 32.4 Å². The number of rotatable bonds is 3. The van der Waals surface area contributed by atoms with Crippen LogP contribution in [-0.4, -0.2) is 12.5 Å². The van der Waals surface area contributed by atoms with Crippen molar-refractivity contribution in [2.75, 3.05) is 6.54 Å². The van der Waals surface area contributed by atoms with Crippen molar-refractivity contribution in [1.82, 2.24) is 5.32 Å². The summed E-state index contributed by atoms with van der Waals surface area (Å²) < 4.78 is 0.941. The normalized spacial score (nSPS) is 23.1. The summed E-state index contributed by atoms with van der Waals surface area (Å²) in [6.07, 6.45) is 5.03. The first-order valence-electron chi connectivity index (χ1n) is 6.79. The average molecular weight is 392 g/mol. The van der Waals surface area contributed by atoms with Crippen molar-refractivity contribution in [1.29, 1.82) is 0 Å². The SMILES string of the molecule is CC1CCC(CNC(=O)c2cc(Cl)ccc2I)CC1. The number of hydrogen-bond acceptors (Lipinski definition) is 1. The first-order chi connectivity index (χ1) is 9.06. The average Bonchev–Trinajstić information content (AvgIpc) is 2.40. The standard InChI is InChI=1S/C15H19ClINO/c1-10-2-4-11(5-3-10)9-18-15(19)13-8-12(16)6-7-14(13)17/h6-8,10-11H,2-5,9H2,1H3,(H,18,19). The zero-order chi connectivity index (χ0) is 13.8. The molecule has 1 saturated carbocycles. The molecule has 1 aliphatic rings. The molecule has 1 amide bonds. The van der Waals surface area contributed by atoms with E-state index in [0.29, 0.717) is 16.5 Å². The second kappa shape index (κ2) is 6.93. The number of amides is 1. The quantitative estimate of drug-likeness (QED) is 0.755. The van der Waals surface area contributed by atoms with Gasteiger partial charge in [-0.25, -0.2) is 0 Å². The molecular formula is C15H19ClINO. The Balaban J connectivity index is 1.89. The van der Waals surface area contributed by atoms with Crippen molar-refractivity contribution in [3.63, 3.8) is 0 Å². The van der Waals surface area contributed by atoms with Crippen LogP contribution in [0.1, 0.15) is 43.0 Å². The predicted octanol–water partition coefficient (Wildman–Crippen LogP) is 4.50. The number of nitrogens with one attached hydrogen (secondary N) is 1. The van der Waals surface area contributed by atoms with E-state index in [1.54, 1.807) is 6.07 Å². The van der Waals surface area contributed by atoms with E-state index in [4.69, 9.17) is 11.6 Å². The van der Waals surface area contributed by atoms with E-state index in [9.17, 15) is 4.79 Å². The van der Waals surface area contributed by atoms with Gasteiger partial charge in [-0.1, -0.05) is 31.4 Å². The van der Waals surface area contributed by atoms with Crippen LogP contribution in [0.3, 0.4) is 0 Å². The van der Waals surface area contributed by atoms with Crippen molar-refractivity contribution >= 4 is 40.1 Å². The van der Waals surface area contributed by atoms with E-state index in [2.05, 4.69) is 34.8 Å². The first kappa shape index (κ1) is 15.1. The Bertz CT molecular complexity index is 455. The fourth-order valence-corrected chi connectivity index (χ4v) is 3.29. The fraction of sp³-hybridized carbons (Fsp3) is 0.533. The summed E-state index contributed by atoms with van der Waals surface area (Å²) in [4.78, 5) is 12.2. The highest BCUT2D eigenvalue weighted by Crippen LogP contribution is 2.27. The van der Waals surface area contributed by atoms with Gasteiger partial charge in [-0.2, -0.15) is 0 Å². The highest BCUT2D eigenvalue weighted by molar-refractivity contribution is 14.1. The van der Waals surface area contributed by atoms with Crippen LogP contribution in [-0.2, 0) is 0 Å². The molecular weight excluding hydrogens is 373 g/mol. The Morgan fingerprint density at radius 1 is 1.37 bits per heavy atom. The molecule has 4 heteroatoms. The van der Waals surface area contributed by atoms with Gasteiger partial charge in [0.25, 0.3) is 5.91 Å². The van der Waals surface area contributed by atoms with E-state index in [0.717, 1.165) is 16.0 Å². The van der Waals surface area contributed by atoms with Crippen LogP contribution < -0.4 is 5.32 Å². The molecule has 0 atom stereocenters. The smallest absolute Gasteiger partial charge is 0.252 e. The molecule has 0 bridgehead atoms. The molecule has 0 spiro atoms. The summed E-state index contributed by atoms with van der Waals surface area (Å²) >= 11 is 8.11. The maximum atomic E-state index is 12.2. The number of halogens is 2. The molecule has 0 radical (unpaired) electrons. The number of carbonyl (C=O) groups is 1. The first-order valence-corrected chi connectivity index (χ1v) is 8.25. The Hall–Kier alpha value is -0.290. The monoisotopic (exact) mass is 391 g/mol. The van der Waals surface area contributed by atoms with E-state index >= 15 is 0 Å². The molecule has 2 nitrogen and oxygen atoms in total. The molecule has 1 aromatic carbocycles. The molecule has 104 valence electrons. The van der Waals surface area contributed by atoms with Crippen LogP contribution in [0.4, 0.5) is 0 Å². The van der Waals surface area contributed by atoms with Crippen molar-refractivity contribution in [2.45, 2.75) is 32.6 Å². The van der Waals surface area contributed by atoms with Crippen LogP contribution in [0.15, 0.2) is 18.2 Å².